The Balaban J connectivity index is 1.78. The molecule has 3 heterocycles. The molecule has 1 unspecified atom stereocenters. The smallest absolute Gasteiger partial charge is 0.271 e. The normalized spacial score (nSPS) is 15.5. The monoisotopic (exact) mass is 423 g/mol. The average Bonchev–Trinajstić information content (AvgIpc) is 3.32. The maximum atomic E-state index is 12.3. The zero-order valence-electron chi connectivity index (χ0n) is 16.9. The molecule has 31 heavy (non-hydrogen) atoms. The number of nitrogens with two attached hydrogens (primary N) is 1. The Hall–Kier alpha value is -3.79. The Labute approximate surface area is 178 Å². The van der Waals surface area contributed by atoms with Gasteiger partial charge in [-0.25, -0.2) is 15.0 Å². The van der Waals surface area contributed by atoms with Crippen molar-refractivity contribution in [3.8, 4) is 34.8 Å². The zero-order valence-corrected chi connectivity index (χ0v) is 16.9. The molecule has 1 atom stereocenters. The van der Waals surface area contributed by atoms with Crippen LogP contribution in [0.3, 0.4) is 0 Å². The summed E-state index contributed by atoms with van der Waals surface area (Å²) < 4.78 is 22.8. The molecule has 1 aliphatic rings. The Bertz CT molecular complexity index is 1060. The van der Waals surface area contributed by atoms with Gasteiger partial charge in [-0.15, -0.1) is 0 Å². The van der Waals surface area contributed by atoms with E-state index in [1.165, 1.54) is 7.11 Å². The molecule has 0 aliphatic carbocycles. The quantitative estimate of drug-likeness (QED) is 0.580. The molecule has 0 radical (unpaired) electrons. The molecule has 1 aliphatic heterocycles. The fraction of sp³-hybridized carbons (Fsp3) is 0.286. The highest BCUT2D eigenvalue weighted by Crippen LogP contribution is 2.38. The van der Waals surface area contributed by atoms with Gasteiger partial charge in [0.25, 0.3) is 11.8 Å². The minimum atomic E-state index is -0.813. The Morgan fingerprint density at radius 1 is 1.13 bits per heavy atom. The summed E-state index contributed by atoms with van der Waals surface area (Å²) in [6, 6.07) is 8.62. The molecule has 2 aromatic heterocycles. The molecule has 1 amide bonds. The van der Waals surface area contributed by atoms with E-state index in [1.807, 2.05) is 0 Å². The molecule has 1 saturated heterocycles. The molecule has 3 aromatic rings. The number of aromatic nitrogens is 4. The molecular formula is C21H21N5O5. The van der Waals surface area contributed by atoms with Crippen LogP contribution in [0.2, 0.25) is 0 Å². The Morgan fingerprint density at radius 3 is 2.58 bits per heavy atom. The fourth-order valence-corrected chi connectivity index (χ4v) is 3.06. The van der Waals surface area contributed by atoms with Gasteiger partial charge in [0.15, 0.2) is 23.0 Å². The second-order valence-corrected chi connectivity index (χ2v) is 6.67. The topological polar surface area (TPSA) is 132 Å². The van der Waals surface area contributed by atoms with Gasteiger partial charge in [-0.3, -0.25) is 4.79 Å². The SMILES string of the molecule is COc1ccccc1Oc1c(OCC2CCCO2)nc(-c2ncccn2)nc1C(N)=O. The highest BCUT2D eigenvalue weighted by molar-refractivity contribution is 5.94. The minimum absolute atomic E-state index is 0.0188. The van der Waals surface area contributed by atoms with E-state index < -0.39 is 5.91 Å². The van der Waals surface area contributed by atoms with Crippen LogP contribution in [-0.2, 0) is 4.74 Å². The lowest BCUT2D eigenvalue weighted by atomic mass is 10.2. The third-order valence-electron chi connectivity index (χ3n) is 4.54. The number of carbonyl (C=O) groups is 1. The summed E-state index contributed by atoms with van der Waals surface area (Å²) in [5.41, 5.74) is 5.45. The van der Waals surface area contributed by atoms with Gasteiger partial charge >= 0.3 is 0 Å². The highest BCUT2D eigenvalue weighted by atomic mass is 16.6. The second kappa shape index (κ2) is 9.35. The number of para-hydroxylation sites is 2. The molecule has 4 rings (SSSR count). The first-order valence-electron chi connectivity index (χ1n) is 9.70. The van der Waals surface area contributed by atoms with Crippen molar-refractivity contribution in [1.29, 1.82) is 0 Å². The van der Waals surface area contributed by atoms with Crippen LogP contribution in [0.4, 0.5) is 0 Å². The van der Waals surface area contributed by atoms with E-state index >= 15 is 0 Å². The van der Waals surface area contributed by atoms with E-state index in [0.717, 1.165) is 12.8 Å². The van der Waals surface area contributed by atoms with Crippen LogP contribution < -0.4 is 19.9 Å². The van der Waals surface area contributed by atoms with Crippen LogP contribution in [0.15, 0.2) is 42.7 Å². The summed E-state index contributed by atoms with van der Waals surface area (Å²) in [6.45, 7) is 0.907. The van der Waals surface area contributed by atoms with Gasteiger partial charge in [0.2, 0.25) is 11.6 Å². The Morgan fingerprint density at radius 2 is 1.90 bits per heavy atom. The van der Waals surface area contributed by atoms with Gasteiger partial charge in [0, 0.05) is 19.0 Å². The molecule has 10 heteroatoms. The lowest BCUT2D eigenvalue weighted by Crippen LogP contribution is -2.20. The number of primary amides is 1. The number of benzene rings is 1. The maximum absolute atomic E-state index is 12.3. The third kappa shape index (κ3) is 4.69. The first-order valence-corrected chi connectivity index (χ1v) is 9.70. The van der Waals surface area contributed by atoms with Gasteiger partial charge < -0.3 is 24.7 Å². The maximum Gasteiger partial charge on any atom is 0.271 e. The van der Waals surface area contributed by atoms with Crippen LogP contribution >= 0.6 is 0 Å². The highest BCUT2D eigenvalue weighted by Gasteiger charge is 2.26. The van der Waals surface area contributed by atoms with Crippen LogP contribution in [-0.4, -0.2) is 52.3 Å². The molecular weight excluding hydrogens is 402 g/mol. The van der Waals surface area contributed by atoms with E-state index in [2.05, 4.69) is 19.9 Å². The first-order chi connectivity index (χ1) is 15.2. The van der Waals surface area contributed by atoms with Crippen LogP contribution in [0.25, 0.3) is 11.6 Å². The lowest BCUT2D eigenvalue weighted by molar-refractivity contribution is 0.0653. The standard InChI is InChI=1S/C21H21N5O5/c1-28-14-7-2-3-8-15(14)31-17-16(18(22)27)25-20(19-23-9-5-10-24-19)26-21(17)30-12-13-6-4-11-29-13/h2-3,5,7-10,13H,4,6,11-12H2,1H3,(H2,22,27). The van der Waals surface area contributed by atoms with Crippen molar-refractivity contribution < 1.29 is 23.7 Å². The molecule has 0 bridgehead atoms. The molecule has 10 nitrogen and oxygen atoms in total. The number of ether oxygens (including phenoxy) is 4. The van der Waals surface area contributed by atoms with E-state index in [4.69, 9.17) is 24.7 Å². The summed E-state index contributed by atoms with van der Waals surface area (Å²) in [4.78, 5) is 29.2. The summed E-state index contributed by atoms with van der Waals surface area (Å²) in [5.74, 6) is 0.314. The fourth-order valence-electron chi connectivity index (χ4n) is 3.06. The number of hydrogen-bond acceptors (Lipinski definition) is 9. The van der Waals surface area contributed by atoms with E-state index in [0.29, 0.717) is 18.1 Å². The molecule has 0 spiro atoms. The van der Waals surface area contributed by atoms with Crippen LogP contribution in [0.5, 0.6) is 23.1 Å². The molecule has 2 N–H and O–H groups in total. The number of rotatable bonds is 8. The van der Waals surface area contributed by atoms with Gasteiger partial charge in [0.1, 0.15) is 6.61 Å². The lowest BCUT2D eigenvalue weighted by Gasteiger charge is -2.17. The summed E-state index contributed by atoms with van der Waals surface area (Å²) in [7, 11) is 1.51. The van der Waals surface area contributed by atoms with E-state index in [-0.39, 0.29) is 41.7 Å². The number of amides is 1. The summed E-state index contributed by atoms with van der Waals surface area (Å²) >= 11 is 0. The van der Waals surface area contributed by atoms with E-state index in [1.54, 1.807) is 42.7 Å². The largest absolute Gasteiger partial charge is 0.493 e. The van der Waals surface area contributed by atoms with Gasteiger partial charge in [-0.05, 0) is 31.0 Å². The first kappa shape index (κ1) is 20.5. The summed E-state index contributed by atoms with van der Waals surface area (Å²) in [5, 5.41) is 0. The molecule has 0 saturated carbocycles. The second-order valence-electron chi connectivity index (χ2n) is 6.67. The van der Waals surface area contributed by atoms with Crippen molar-refractivity contribution in [3.63, 3.8) is 0 Å². The summed E-state index contributed by atoms with van der Waals surface area (Å²) in [6.07, 6.45) is 4.83. The van der Waals surface area contributed by atoms with Gasteiger partial charge in [-0.1, -0.05) is 12.1 Å². The van der Waals surface area contributed by atoms with Crippen LogP contribution in [0, 0.1) is 0 Å². The number of nitrogens with zero attached hydrogens (tertiary/aromatic N) is 4. The number of methoxy groups -OCH3 is 1. The molecule has 160 valence electrons. The van der Waals surface area contributed by atoms with Gasteiger partial charge in [0.05, 0.1) is 13.2 Å². The van der Waals surface area contributed by atoms with Crippen molar-refractivity contribution in [2.75, 3.05) is 20.3 Å². The van der Waals surface area contributed by atoms with Crippen molar-refractivity contribution in [1.82, 2.24) is 19.9 Å². The minimum Gasteiger partial charge on any atom is -0.493 e. The average molecular weight is 423 g/mol. The third-order valence-corrected chi connectivity index (χ3v) is 4.54. The Kier molecular flexibility index (Phi) is 6.18. The van der Waals surface area contributed by atoms with Gasteiger partial charge in [-0.2, -0.15) is 4.98 Å². The van der Waals surface area contributed by atoms with Crippen LogP contribution in [0.1, 0.15) is 23.3 Å². The molecule has 1 fully saturated rings. The number of carbonyl (C=O) groups excluding carboxylic acids is 1. The van der Waals surface area contributed by atoms with Crippen molar-refractivity contribution in [3.05, 3.63) is 48.4 Å². The predicted octanol–water partition coefficient (Wildman–Crippen LogP) is 2.39. The number of hydrogen-bond donors (Lipinski definition) is 1. The predicted molar refractivity (Wildman–Crippen MR) is 109 cm³/mol. The van der Waals surface area contributed by atoms with Crippen molar-refractivity contribution in [2.45, 2.75) is 18.9 Å². The molecule has 1 aromatic carbocycles. The zero-order chi connectivity index (χ0) is 21.6. The van der Waals surface area contributed by atoms with Crippen molar-refractivity contribution in [2.24, 2.45) is 5.73 Å². The van der Waals surface area contributed by atoms with E-state index in [9.17, 15) is 4.79 Å². The van der Waals surface area contributed by atoms with Crippen molar-refractivity contribution >= 4 is 5.91 Å².